The van der Waals surface area contributed by atoms with Gasteiger partial charge in [0.25, 0.3) is 5.91 Å². The Morgan fingerprint density at radius 3 is 2.57 bits per heavy atom. The van der Waals surface area contributed by atoms with E-state index >= 15 is 0 Å². The number of benzene rings is 2. The van der Waals surface area contributed by atoms with Crippen LogP contribution in [-0.4, -0.2) is 31.7 Å². The summed E-state index contributed by atoms with van der Waals surface area (Å²) in [5.41, 5.74) is 0.661. The van der Waals surface area contributed by atoms with Gasteiger partial charge in [-0.05, 0) is 29.8 Å². The Morgan fingerprint density at radius 2 is 1.86 bits per heavy atom. The fraction of sp³-hybridized carbons (Fsp3) is 0.250. The molecule has 0 bridgehead atoms. The van der Waals surface area contributed by atoms with Crippen LogP contribution in [0, 0.1) is 0 Å². The molecule has 2 aromatic carbocycles. The quantitative estimate of drug-likeness (QED) is 0.857. The van der Waals surface area contributed by atoms with Gasteiger partial charge in [0.05, 0.1) is 0 Å². The molecule has 2 rings (SSSR count). The highest BCUT2D eigenvalue weighted by molar-refractivity contribution is 5.97. The number of hydrogen-bond acceptors (Lipinski definition) is 4. The number of carbonyl (C=O) groups is 2. The predicted octanol–water partition coefficient (Wildman–Crippen LogP) is 2.36. The van der Waals surface area contributed by atoms with Crippen molar-refractivity contribution >= 4 is 28.3 Å². The SMILES string of the molecule is COCC(=O)O[C@@H](C)C(=O)Nc1ccc2ccccc2c1. The molecule has 0 unspecified atom stereocenters. The maximum Gasteiger partial charge on any atom is 0.332 e. The molecule has 21 heavy (non-hydrogen) atoms. The van der Waals surface area contributed by atoms with Crippen LogP contribution in [0.25, 0.3) is 10.8 Å². The molecule has 0 radical (unpaired) electrons. The van der Waals surface area contributed by atoms with Crippen molar-refractivity contribution in [1.82, 2.24) is 0 Å². The van der Waals surface area contributed by atoms with Crippen LogP contribution in [0.1, 0.15) is 6.92 Å². The lowest BCUT2D eigenvalue weighted by Gasteiger charge is -2.13. The normalized spacial score (nSPS) is 11.9. The van der Waals surface area contributed by atoms with Crippen molar-refractivity contribution in [3.63, 3.8) is 0 Å². The van der Waals surface area contributed by atoms with E-state index in [4.69, 9.17) is 4.74 Å². The second-order valence-electron chi connectivity index (χ2n) is 4.62. The second-order valence-corrected chi connectivity index (χ2v) is 4.62. The summed E-state index contributed by atoms with van der Waals surface area (Å²) in [6, 6.07) is 13.5. The number of carbonyl (C=O) groups excluding carboxylic acids is 2. The summed E-state index contributed by atoms with van der Waals surface area (Å²) in [6.45, 7) is 1.34. The molecule has 1 amide bonds. The van der Waals surface area contributed by atoms with E-state index < -0.39 is 12.1 Å². The molecule has 1 N–H and O–H groups in total. The van der Waals surface area contributed by atoms with Gasteiger partial charge in [-0.25, -0.2) is 4.79 Å². The summed E-state index contributed by atoms with van der Waals surface area (Å²) in [5, 5.41) is 4.84. The Hall–Kier alpha value is -2.40. The van der Waals surface area contributed by atoms with Gasteiger partial charge in [-0.2, -0.15) is 0 Å². The van der Waals surface area contributed by atoms with Crippen molar-refractivity contribution in [3.05, 3.63) is 42.5 Å². The van der Waals surface area contributed by atoms with E-state index in [1.54, 1.807) is 0 Å². The molecule has 5 nitrogen and oxygen atoms in total. The molecule has 0 fully saturated rings. The molecular weight excluding hydrogens is 270 g/mol. The van der Waals surface area contributed by atoms with Crippen LogP contribution in [0.5, 0.6) is 0 Å². The van der Waals surface area contributed by atoms with Gasteiger partial charge in [-0.15, -0.1) is 0 Å². The van der Waals surface area contributed by atoms with Crippen molar-refractivity contribution in [3.8, 4) is 0 Å². The van der Waals surface area contributed by atoms with Crippen LogP contribution in [-0.2, 0) is 19.1 Å². The molecule has 0 aromatic heterocycles. The number of anilines is 1. The maximum absolute atomic E-state index is 12.0. The van der Waals surface area contributed by atoms with Gasteiger partial charge in [0.1, 0.15) is 6.61 Å². The molecule has 0 aliphatic heterocycles. The smallest absolute Gasteiger partial charge is 0.332 e. The summed E-state index contributed by atoms with van der Waals surface area (Å²) >= 11 is 0. The third kappa shape index (κ3) is 4.03. The van der Waals surface area contributed by atoms with E-state index in [1.807, 2.05) is 42.5 Å². The Morgan fingerprint density at radius 1 is 1.14 bits per heavy atom. The zero-order chi connectivity index (χ0) is 15.2. The monoisotopic (exact) mass is 287 g/mol. The van der Waals surface area contributed by atoms with Crippen LogP contribution in [0.15, 0.2) is 42.5 Å². The molecule has 2 aromatic rings. The molecule has 5 heteroatoms. The molecular formula is C16H17NO4. The number of fused-ring (bicyclic) bond motifs is 1. The maximum atomic E-state index is 12.0. The standard InChI is InChI=1S/C16H17NO4/c1-11(21-15(18)10-20-2)16(19)17-14-8-7-12-5-3-4-6-13(12)9-14/h3-9,11H,10H2,1-2H3,(H,17,19)/t11-/m0/s1. The van der Waals surface area contributed by atoms with E-state index in [9.17, 15) is 9.59 Å². The van der Waals surface area contributed by atoms with Crippen LogP contribution in [0.4, 0.5) is 5.69 Å². The van der Waals surface area contributed by atoms with Crippen LogP contribution in [0.3, 0.4) is 0 Å². The van der Waals surface area contributed by atoms with Crippen LogP contribution in [0.2, 0.25) is 0 Å². The van der Waals surface area contributed by atoms with Crippen molar-refractivity contribution in [1.29, 1.82) is 0 Å². The van der Waals surface area contributed by atoms with Crippen molar-refractivity contribution in [2.75, 3.05) is 19.0 Å². The first-order valence-electron chi connectivity index (χ1n) is 6.58. The first-order chi connectivity index (χ1) is 10.1. The zero-order valence-corrected chi connectivity index (χ0v) is 12.0. The summed E-state index contributed by atoms with van der Waals surface area (Å²) in [4.78, 5) is 23.2. The molecule has 0 heterocycles. The van der Waals surface area contributed by atoms with E-state index in [2.05, 4.69) is 10.1 Å². The average Bonchev–Trinajstić information content (AvgIpc) is 2.47. The second kappa shape index (κ2) is 6.85. The Bertz CT molecular complexity index is 654. The highest BCUT2D eigenvalue weighted by Crippen LogP contribution is 2.19. The lowest BCUT2D eigenvalue weighted by Crippen LogP contribution is -2.31. The van der Waals surface area contributed by atoms with Gasteiger partial charge in [0, 0.05) is 12.8 Å². The zero-order valence-electron chi connectivity index (χ0n) is 12.0. The molecule has 0 aliphatic rings. The van der Waals surface area contributed by atoms with E-state index in [1.165, 1.54) is 14.0 Å². The average molecular weight is 287 g/mol. The Labute approximate surface area is 122 Å². The Balaban J connectivity index is 2.02. The summed E-state index contributed by atoms with van der Waals surface area (Å²) < 4.78 is 9.58. The van der Waals surface area contributed by atoms with Crippen molar-refractivity contribution < 1.29 is 19.1 Å². The van der Waals surface area contributed by atoms with Crippen LogP contribution >= 0.6 is 0 Å². The lowest BCUT2D eigenvalue weighted by molar-refractivity contribution is -0.156. The number of rotatable bonds is 5. The molecule has 0 saturated heterocycles. The number of nitrogens with one attached hydrogen (secondary N) is 1. The molecule has 1 atom stereocenters. The molecule has 110 valence electrons. The van der Waals surface area contributed by atoms with Crippen molar-refractivity contribution in [2.24, 2.45) is 0 Å². The minimum atomic E-state index is -0.876. The molecule has 0 saturated carbocycles. The van der Waals surface area contributed by atoms with Gasteiger partial charge in [0.15, 0.2) is 6.10 Å². The van der Waals surface area contributed by atoms with Gasteiger partial charge in [-0.1, -0.05) is 30.3 Å². The highest BCUT2D eigenvalue weighted by Gasteiger charge is 2.17. The minimum Gasteiger partial charge on any atom is -0.451 e. The van der Waals surface area contributed by atoms with E-state index in [-0.39, 0.29) is 12.5 Å². The van der Waals surface area contributed by atoms with Crippen LogP contribution < -0.4 is 5.32 Å². The number of esters is 1. The first kappa shape index (κ1) is 15.0. The highest BCUT2D eigenvalue weighted by atomic mass is 16.6. The third-order valence-corrected chi connectivity index (χ3v) is 2.96. The number of hydrogen-bond donors (Lipinski definition) is 1. The largest absolute Gasteiger partial charge is 0.451 e. The van der Waals surface area contributed by atoms with E-state index in [0.717, 1.165) is 10.8 Å². The van der Waals surface area contributed by atoms with E-state index in [0.29, 0.717) is 5.69 Å². The van der Waals surface area contributed by atoms with Crippen molar-refractivity contribution in [2.45, 2.75) is 13.0 Å². The third-order valence-electron chi connectivity index (χ3n) is 2.96. The number of ether oxygens (including phenoxy) is 2. The van der Waals surface area contributed by atoms with Gasteiger partial charge in [-0.3, -0.25) is 4.79 Å². The van der Waals surface area contributed by atoms with Gasteiger partial charge in [0.2, 0.25) is 0 Å². The lowest BCUT2D eigenvalue weighted by atomic mass is 10.1. The summed E-state index contributed by atoms with van der Waals surface area (Å²) in [6.07, 6.45) is -0.876. The predicted molar refractivity (Wildman–Crippen MR) is 80.0 cm³/mol. The van der Waals surface area contributed by atoms with Gasteiger partial charge >= 0.3 is 5.97 Å². The number of methoxy groups -OCH3 is 1. The topological polar surface area (TPSA) is 64.6 Å². The fourth-order valence-electron chi connectivity index (χ4n) is 1.91. The Kier molecular flexibility index (Phi) is 4.90. The minimum absolute atomic E-state index is 0.173. The van der Waals surface area contributed by atoms with Gasteiger partial charge < -0.3 is 14.8 Å². The summed E-state index contributed by atoms with van der Waals surface area (Å²) in [7, 11) is 1.39. The first-order valence-corrected chi connectivity index (χ1v) is 6.58. The summed E-state index contributed by atoms with van der Waals surface area (Å²) in [5.74, 6) is -0.951. The molecule has 0 spiro atoms. The molecule has 0 aliphatic carbocycles. The fourth-order valence-corrected chi connectivity index (χ4v) is 1.91. The number of amides is 1.